The van der Waals surface area contributed by atoms with Crippen LogP contribution in [0.25, 0.3) is 21.5 Å². The molecule has 0 saturated carbocycles. The fraction of sp³-hybridized carbons (Fsp3) is 0.367. The first-order chi connectivity index (χ1) is 28.4. The van der Waals surface area contributed by atoms with Gasteiger partial charge in [-0.3, -0.25) is 4.90 Å². The van der Waals surface area contributed by atoms with Gasteiger partial charge in [-0.1, -0.05) is 194 Å². The summed E-state index contributed by atoms with van der Waals surface area (Å²) < 4.78 is 7.06. The predicted molar refractivity (Wildman–Crippen MR) is 245 cm³/mol. The number of benzene rings is 4. The number of rotatable bonds is 0. The first-order valence-corrected chi connectivity index (χ1v) is 21.9. The van der Waals surface area contributed by atoms with E-state index < -0.39 is 5.91 Å². The van der Waals surface area contributed by atoms with Crippen molar-refractivity contribution in [1.29, 1.82) is 0 Å². The summed E-state index contributed by atoms with van der Waals surface area (Å²) >= 11 is 0. The number of aliphatic imine (C=N–C) groups is 2. The van der Waals surface area contributed by atoms with Gasteiger partial charge < -0.3 is 0 Å². The number of nitrogens with zero attached hydrogens (tertiary/aromatic N) is 8. The molecule has 8 heteroatoms. The van der Waals surface area contributed by atoms with Gasteiger partial charge in [-0.2, -0.15) is 4.58 Å². The molecule has 0 fully saturated rings. The minimum absolute atomic E-state index is 0.252. The van der Waals surface area contributed by atoms with E-state index in [-0.39, 0.29) is 6.17 Å². The van der Waals surface area contributed by atoms with Crippen LogP contribution in [-0.2, 0) is 5.91 Å². The Balaban J connectivity index is 0.000000407. The summed E-state index contributed by atoms with van der Waals surface area (Å²) in [5, 5.41) is 4.39. The van der Waals surface area contributed by atoms with Crippen LogP contribution in [0.2, 0.25) is 0 Å². The Morgan fingerprint density at radius 2 is 0.912 bits per heavy atom. The van der Waals surface area contributed by atoms with Crippen LogP contribution in [0.4, 0.5) is 11.6 Å². The molecule has 4 aromatic carbocycles. The molecule has 57 heavy (non-hydrogen) atoms. The number of amidine groups is 3. The molecule has 2 aromatic heterocycles. The third kappa shape index (κ3) is 5.81. The quantitative estimate of drug-likeness (QED) is 0.142. The number of hydrogen-bond donors (Lipinski definition) is 0. The van der Waals surface area contributed by atoms with Crippen molar-refractivity contribution in [3.05, 3.63) is 130 Å². The fourth-order valence-corrected chi connectivity index (χ4v) is 8.07. The van der Waals surface area contributed by atoms with Gasteiger partial charge >= 0.3 is 5.91 Å². The molecule has 12 rings (SSSR count). The second-order valence-electron chi connectivity index (χ2n) is 11.3. The smallest absolute Gasteiger partial charge is 0.256 e. The summed E-state index contributed by atoms with van der Waals surface area (Å²) in [7, 11) is 0. The molecule has 8 heterocycles. The highest BCUT2D eigenvalue weighted by molar-refractivity contribution is 6.18. The van der Waals surface area contributed by atoms with Crippen molar-refractivity contribution >= 4 is 50.7 Å². The Hall–Kier alpha value is -5.63. The summed E-state index contributed by atoms with van der Waals surface area (Å²) in [6.45, 7) is 32.0. The van der Waals surface area contributed by atoms with E-state index in [9.17, 15) is 0 Å². The molecule has 0 aliphatic carbocycles. The first kappa shape index (κ1) is 44.1. The molecular formula is C49H65N8+. The Morgan fingerprint density at radius 3 is 1.49 bits per heavy atom. The Bertz CT molecular complexity index is 2560. The standard InChI is InChI=1S/C33H17N8.8C2H6/c1-2-10-18-17(9-1)25-34-27-19-11-3-4-12-20(19)29-36-31-23-15-7-8-16-24(23)32-37-30-22-14-6-5-13-21(22)28-35-26(18)38(25)33(39(27)29,40(28)30)41(31)32;8*1-2/h1-16,25H;8*1-2H3/q+1;;;;;;;;. The summed E-state index contributed by atoms with van der Waals surface area (Å²) in [5.74, 6) is 3.69. The van der Waals surface area contributed by atoms with E-state index in [1.807, 2.05) is 111 Å². The zero-order valence-corrected chi connectivity index (χ0v) is 37.4. The van der Waals surface area contributed by atoms with E-state index in [1.165, 1.54) is 5.56 Å². The molecule has 2 atom stereocenters. The lowest BCUT2D eigenvalue weighted by molar-refractivity contribution is -0.593. The molecule has 0 bridgehead atoms. The Kier molecular flexibility index (Phi) is 14.7. The largest absolute Gasteiger partial charge is 0.352 e. The predicted octanol–water partition coefficient (Wildman–Crippen LogP) is 12.5. The lowest BCUT2D eigenvalue weighted by Gasteiger charge is -2.50. The molecule has 6 aromatic rings. The number of hydrogen-bond acceptors (Lipinski definition) is 5. The summed E-state index contributed by atoms with van der Waals surface area (Å²) in [4.78, 5) is 24.2. The number of aromatic nitrogens is 2. The highest BCUT2D eigenvalue weighted by atomic mass is 15.7. The molecule has 0 radical (unpaired) electrons. The average molecular weight is 766 g/mol. The van der Waals surface area contributed by atoms with Crippen molar-refractivity contribution in [3.63, 3.8) is 0 Å². The normalized spacial score (nSPS) is 17.1. The molecule has 6 aliphatic rings. The summed E-state index contributed by atoms with van der Waals surface area (Å²) in [6.07, 6.45) is -0.252. The van der Waals surface area contributed by atoms with Gasteiger partial charge in [0.25, 0.3) is 11.7 Å². The van der Waals surface area contributed by atoms with Crippen molar-refractivity contribution in [2.75, 3.05) is 0 Å². The zero-order chi connectivity index (χ0) is 42.2. The van der Waals surface area contributed by atoms with Gasteiger partial charge in [-0.25, -0.2) is 19.1 Å². The summed E-state index contributed by atoms with van der Waals surface area (Å²) in [6, 6.07) is 34.2. The molecule has 8 nitrogen and oxygen atoms in total. The van der Waals surface area contributed by atoms with Gasteiger partial charge in [-0.05, 0) is 24.3 Å². The van der Waals surface area contributed by atoms with Crippen molar-refractivity contribution in [1.82, 2.24) is 14.0 Å². The lowest BCUT2D eigenvalue weighted by Crippen LogP contribution is -2.73. The molecule has 1 spiro atoms. The molecule has 0 amide bonds. The third-order valence-corrected chi connectivity index (χ3v) is 9.55. The highest BCUT2D eigenvalue weighted by Gasteiger charge is 2.68. The van der Waals surface area contributed by atoms with Crippen LogP contribution in [0, 0.1) is 0 Å². The minimum atomic E-state index is -0.886. The van der Waals surface area contributed by atoms with E-state index in [0.717, 1.165) is 78.4 Å². The highest BCUT2D eigenvalue weighted by Crippen LogP contribution is 2.56. The van der Waals surface area contributed by atoms with Crippen LogP contribution >= 0.6 is 0 Å². The summed E-state index contributed by atoms with van der Waals surface area (Å²) in [5.41, 5.74) is 6.32. The second-order valence-corrected chi connectivity index (χ2v) is 11.3. The van der Waals surface area contributed by atoms with E-state index >= 15 is 0 Å². The van der Waals surface area contributed by atoms with Gasteiger partial charge in [0.15, 0.2) is 12.0 Å². The minimum Gasteiger partial charge on any atom is -0.256 e. The molecule has 6 aliphatic heterocycles. The molecule has 0 saturated heterocycles. The monoisotopic (exact) mass is 766 g/mol. The van der Waals surface area contributed by atoms with Gasteiger partial charge in [0.1, 0.15) is 11.3 Å². The number of fused-ring (bicyclic) bond motifs is 12. The van der Waals surface area contributed by atoms with Gasteiger partial charge in [0, 0.05) is 32.7 Å². The van der Waals surface area contributed by atoms with Crippen molar-refractivity contribution < 1.29 is 4.58 Å². The third-order valence-electron chi connectivity index (χ3n) is 9.55. The van der Waals surface area contributed by atoms with Crippen LogP contribution in [-0.4, -0.2) is 36.1 Å². The molecular weight excluding hydrogens is 701 g/mol. The zero-order valence-electron chi connectivity index (χ0n) is 37.4. The van der Waals surface area contributed by atoms with Crippen LogP contribution in [0.5, 0.6) is 0 Å². The van der Waals surface area contributed by atoms with Crippen LogP contribution < -0.4 is 11.0 Å². The van der Waals surface area contributed by atoms with Crippen LogP contribution in [0.15, 0.2) is 117 Å². The maximum Gasteiger partial charge on any atom is 0.352 e. The average Bonchev–Trinajstić information content (AvgIpc) is 4.05. The van der Waals surface area contributed by atoms with Crippen molar-refractivity contribution in [2.45, 2.75) is 123 Å². The van der Waals surface area contributed by atoms with E-state index in [0.29, 0.717) is 0 Å². The first-order valence-electron chi connectivity index (χ1n) is 21.9. The van der Waals surface area contributed by atoms with Gasteiger partial charge in [0.05, 0.1) is 11.1 Å². The van der Waals surface area contributed by atoms with E-state index in [1.54, 1.807) is 0 Å². The second kappa shape index (κ2) is 19.0. The Morgan fingerprint density at radius 1 is 0.456 bits per heavy atom. The molecule has 300 valence electrons. The fourth-order valence-electron chi connectivity index (χ4n) is 8.07. The van der Waals surface area contributed by atoms with Crippen molar-refractivity contribution in [3.8, 4) is 0 Å². The maximum absolute atomic E-state index is 5.50. The molecule has 2 unspecified atom stereocenters. The van der Waals surface area contributed by atoms with E-state index in [2.05, 4.69) is 116 Å². The maximum atomic E-state index is 5.50. The lowest BCUT2D eigenvalue weighted by atomic mass is 10.1. The van der Waals surface area contributed by atoms with Crippen LogP contribution in [0.3, 0.4) is 0 Å². The van der Waals surface area contributed by atoms with Crippen LogP contribution in [0.1, 0.15) is 139 Å². The van der Waals surface area contributed by atoms with E-state index in [4.69, 9.17) is 20.0 Å². The SMILES string of the molecule is CC.CC.CC.CC.CC.CC.CC.CC.c1ccc2c(c1)C1=Nc3c4ccccc4c4n3C35N6C(=N4)c4ccccc4C6N=c4c6ccccc6c(n43)=NC2=[N+]15. The van der Waals surface area contributed by atoms with Crippen molar-refractivity contribution in [2.24, 2.45) is 20.0 Å². The molecule has 0 N–H and O–H groups in total. The Labute approximate surface area is 341 Å². The van der Waals surface area contributed by atoms with Gasteiger partial charge in [-0.15, -0.1) is 0 Å². The topological polar surface area (TPSA) is 65.5 Å². The van der Waals surface area contributed by atoms with Gasteiger partial charge in [0.2, 0.25) is 11.3 Å².